The first-order valence-electron chi connectivity index (χ1n) is 6.85. The van der Waals surface area contributed by atoms with Gasteiger partial charge in [-0.1, -0.05) is 38.5 Å². The summed E-state index contributed by atoms with van der Waals surface area (Å²) in [6.45, 7) is 9.17. The Morgan fingerprint density at radius 1 is 1.42 bits per heavy atom. The van der Waals surface area contributed by atoms with Crippen LogP contribution in [0.1, 0.15) is 40.5 Å². The van der Waals surface area contributed by atoms with Gasteiger partial charge in [0.2, 0.25) is 0 Å². The molecule has 0 aromatic carbocycles. The molecule has 0 saturated heterocycles. The summed E-state index contributed by atoms with van der Waals surface area (Å²) in [5.41, 5.74) is 0. The smallest absolute Gasteiger partial charge is 0.156 e. The summed E-state index contributed by atoms with van der Waals surface area (Å²) in [4.78, 5) is 4.49. The topological polar surface area (TPSA) is 58.5 Å². The Labute approximate surface area is 121 Å². The molecule has 1 unspecified atom stereocenters. The zero-order chi connectivity index (χ0) is 14.7. The second-order valence-electron chi connectivity index (χ2n) is 5.76. The minimum absolute atomic E-state index is 0.410. The predicted octanol–water partition coefficient (Wildman–Crippen LogP) is 2.31. The third-order valence-electron chi connectivity index (χ3n) is 3.92. The fraction of sp³-hybridized carbons (Fsp3) is 0.923. The zero-order valence-electron chi connectivity index (χ0n) is 12.6. The van der Waals surface area contributed by atoms with E-state index in [0.717, 1.165) is 11.7 Å². The lowest BCUT2D eigenvalue weighted by Crippen LogP contribution is -2.43. The first kappa shape index (κ1) is 16.8. The van der Waals surface area contributed by atoms with Gasteiger partial charge in [0, 0.05) is 18.1 Å². The van der Waals surface area contributed by atoms with Crippen LogP contribution in [0, 0.1) is 5.92 Å². The van der Waals surface area contributed by atoms with Gasteiger partial charge in [0.25, 0.3) is 0 Å². The van der Waals surface area contributed by atoms with Crippen LogP contribution in [-0.2, 0) is 9.84 Å². The van der Waals surface area contributed by atoms with Crippen LogP contribution < -0.4 is 5.32 Å². The van der Waals surface area contributed by atoms with Crippen LogP contribution in [0.3, 0.4) is 0 Å². The standard InChI is InChI=1S/C13H26N2O2S2/c1-6-10(7-2)11-8-14-12(18-11)15-9-13(3,4)19(5,16)17/h10-11H,6-9H2,1-5H3,(H,14,15). The molecule has 1 rings (SSSR count). The summed E-state index contributed by atoms with van der Waals surface area (Å²) in [5.74, 6) is 0.691. The van der Waals surface area contributed by atoms with Crippen molar-refractivity contribution in [1.29, 1.82) is 0 Å². The van der Waals surface area contributed by atoms with E-state index in [2.05, 4.69) is 24.2 Å². The van der Waals surface area contributed by atoms with Crippen molar-refractivity contribution in [2.24, 2.45) is 10.9 Å². The number of sulfone groups is 1. The Hall–Kier alpha value is -0.230. The van der Waals surface area contributed by atoms with Gasteiger partial charge in [0.1, 0.15) is 0 Å². The molecule has 0 aliphatic carbocycles. The van der Waals surface area contributed by atoms with Crippen LogP contribution >= 0.6 is 11.8 Å². The molecule has 6 heteroatoms. The van der Waals surface area contributed by atoms with E-state index in [-0.39, 0.29) is 0 Å². The highest BCUT2D eigenvalue weighted by atomic mass is 32.2. The lowest BCUT2D eigenvalue weighted by molar-refractivity contribution is 0.479. The van der Waals surface area contributed by atoms with Crippen molar-refractivity contribution in [2.75, 3.05) is 19.3 Å². The highest BCUT2D eigenvalue weighted by Crippen LogP contribution is 2.30. The van der Waals surface area contributed by atoms with Crippen LogP contribution in [0.25, 0.3) is 0 Å². The van der Waals surface area contributed by atoms with Gasteiger partial charge in [-0.3, -0.25) is 4.99 Å². The number of thioether (sulfide) groups is 1. The molecule has 1 heterocycles. The molecule has 0 amide bonds. The van der Waals surface area contributed by atoms with Gasteiger partial charge in [-0.25, -0.2) is 8.42 Å². The van der Waals surface area contributed by atoms with Gasteiger partial charge in [0.05, 0.1) is 11.3 Å². The first-order valence-corrected chi connectivity index (χ1v) is 9.63. The highest BCUT2D eigenvalue weighted by molar-refractivity contribution is 8.14. The van der Waals surface area contributed by atoms with Crippen molar-refractivity contribution in [2.45, 2.75) is 50.5 Å². The summed E-state index contributed by atoms with van der Waals surface area (Å²) in [6, 6.07) is 0. The number of hydrogen-bond donors (Lipinski definition) is 1. The zero-order valence-corrected chi connectivity index (χ0v) is 14.2. The van der Waals surface area contributed by atoms with Crippen molar-refractivity contribution >= 4 is 26.8 Å². The van der Waals surface area contributed by atoms with E-state index in [1.54, 1.807) is 25.6 Å². The maximum Gasteiger partial charge on any atom is 0.156 e. The SMILES string of the molecule is CCC(CC)C1CN=C(NCC(C)(C)S(C)(=O)=O)S1. The van der Waals surface area contributed by atoms with Crippen LogP contribution in [0.4, 0.5) is 0 Å². The monoisotopic (exact) mass is 306 g/mol. The van der Waals surface area contributed by atoms with Gasteiger partial charge in [-0.15, -0.1) is 0 Å². The molecule has 19 heavy (non-hydrogen) atoms. The first-order chi connectivity index (χ1) is 8.71. The molecular formula is C13H26N2O2S2. The van der Waals surface area contributed by atoms with Gasteiger partial charge >= 0.3 is 0 Å². The Morgan fingerprint density at radius 3 is 2.47 bits per heavy atom. The second-order valence-corrected chi connectivity index (χ2v) is 9.64. The van der Waals surface area contributed by atoms with E-state index in [1.165, 1.54) is 19.1 Å². The lowest BCUT2D eigenvalue weighted by Gasteiger charge is -2.23. The number of nitrogens with one attached hydrogen (secondary N) is 1. The van der Waals surface area contributed by atoms with Gasteiger partial charge in [0.15, 0.2) is 15.0 Å². The van der Waals surface area contributed by atoms with E-state index in [4.69, 9.17) is 0 Å². The van der Waals surface area contributed by atoms with Crippen LogP contribution in [0.15, 0.2) is 4.99 Å². The summed E-state index contributed by atoms with van der Waals surface area (Å²) >= 11 is 1.76. The minimum Gasteiger partial charge on any atom is -0.363 e. The van der Waals surface area contributed by atoms with Crippen molar-refractivity contribution in [3.05, 3.63) is 0 Å². The summed E-state index contributed by atoms with van der Waals surface area (Å²) in [6.07, 6.45) is 3.63. The van der Waals surface area contributed by atoms with Crippen molar-refractivity contribution in [3.8, 4) is 0 Å². The van der Waals surface area contributed by atoms with Crippen LogP contribution in [0.5, 0.6) is 0 Å². The molecule has 1 N–H and O–H groups in total. The maximum atomic E-state index is 11.6. The van der Waals surface area contributed by atoms with E-state index in [1.807, 2.05) is 0 Å². The van der Waals surface area contributed by atoms with Crippen LogP contribution in [0.2, 0.25) is 0 Å². The number of hydrogen-bond acceptors (Lipinski definition) is 5. The Morgan fingerprint density at radius 2 is 2.00 bits per heavy atom. The fourth-order valence-electron chi connectivity index (χ4n) is 1.97. The fourth-order valence-corrected chi connectivity index (χ4v) is 3.62. The molecule has 1 aliphatic rings. The van der Waals surface area contributed by atoms with E-state index in [0.29, 0.717) is 17.7 Å². The lowest BCUT2D eigenvalue weighted by atomic mass is 9.99. The summed E-state index contributed by atoms with van der Waals surface area (Å²) in [5, 5.41) is 4.63. The summed E-state index contributed by atoms with van der Waals surface area (Å²) < 4.78 is 22.5. The van der Waals surface area contributed by atoms with Gasteiger partial charge in [-0.05, 0) is 19.8 Å². The molecule has 0 spiro atoms. The van der Waals surface area contributed by atoms with Crippen molar-refractivity contribution in [3.63, 3.8) is 0 Å². The van der Waals surface area contributed by atoms with Crippen LogP contribution in [-0.4, -0.2) is 42.9 Å². The number of amidine groups is 1. The second kappa shape index (κ2) is 6.48. The molecule has 0 aromatic rings. The Balaban J connectivity index is 2.50. The molecular weight excluding hydrogens is 280 g/mol. The molecule has 1 atom stereocenters. The maximum absolute atomic E-state index is 11.6. The molecule has 0 bridgehead atoms. The van der Waals surface area contributed by atoms with Gasteiger partial charge < -0.3 is 5.32 Å². The Bertz CT molecular complexity index is 426. The summed E-state index contributed by atoms with van der Waals surface area (Å²) in [7, 11) is -3.06. The Kier molecular flexibility index (Phi) is 5.74. The number of nitrogens with zero attached hydrogens (tertiary/aromatic N) is 1. The third kappa shape index (κ3) is 4.38. The van der Waals surface area contributed by atoms with E-state index in [9.17, 15) is 8.42 Å². The molecule has 112 valence electrons. The minimum atomic E-state index is -3.06. The predicted molar refractivity (Wildman–Crippen MR) is 84.7 cm³/mol. The highest BCUT2D eigenvalue weighted by Gasteiger charge is 2.32. The molecule has 0 aromatic heterocycles. The average Bonchev–Trinajstić information content (AvgIpc) is 2.75. The van der Waals surface area contributed by atoms with E-state index < -0.39 is 14.6 Å². The third-order valence-corrected chi connectivity index (χ3v) is 7.41. The molecule has 0 fully saturated rings. The quantitative estimate of drug-likeness (QED) is 0.818. The van der Waals surface area contributed by atoms with Gasteiger partial charge in [-0.2, -0.15) is 0 Å². The number of aliphatic imine (C=N–C) groups is 1. The largest absolute Gasteiger partial charge is 0.363 e. The van der Waals surface area contributed by atoms with Crippen molar-refractivity contribution in [1.82, 2.24) is 5.32 Å². The molecule has 0 radical (unpaired) electrons. The van der Waals surface area contributed by atoms with E-state index >= 15 is 0 Å². The molecule has 4 nitrogen and oxygen atoms in total. The number of rotatable bonds is 6. The molecule has 1 aliphatic heterocycles. The average molecular weight is 306 g/mol. The molecule has 0 saturated carbocycles. The van der Waals surface area contributed by atoms with Crippen molar-refractivity contribution < 1.29 is 8.42 Å². The normalized spacial score (nSPS) is 20.7.